The van der Waals surface area contributed by atoms with E-state index >= 15 is 0 Å². The van der Waals surface area contributed by atoms with Crippen LogP contribution in [0, 0.1) is 5.92 Å². The van der Waals surface area contributed by atoms with Crippen LogP contribution >= 0.6 is 0 Å². The van der Waals surface area contributed by atoms with Gasteiger partial charge in [0.25, 0.3) is 0 Å². The Morgan fingerprint density at radius 2 is 2.56 bits per heavy atom. The zero-order valence-electron chi connectivity index (χ0n) is 5.79. The number of ether oxygens (including phenoxy) is 1. The van der Waals surface area contributed by atoms with Crippen LogP contribution in [0.4, 0.5) is 0 Å². The Hall–Kier alpha value is -0.790. The van der Waals surface area contributed by atoms with Crippen molar-refractivity contribution in [1.82, 2.24) is 0 Å². The van der Waals surface area contributed by atoms with Crippen molar-refractivity contribution in [2.45, 2.75) is 13.3 Å². The van der Waals surface area contributed by atoms with Crippen molar-refractivity contribution < 1.29 is 4.74 Å². The first kappa shape index (κ1) is 6.33. The summed E-state index contributed by atoms with van der Waals surface area (Å²) in [5.74, 6) is 1.49. The van der Waals surface area contributed by atoms with Crippen LogP contribution in [0.1, 0.15) is 13.3 Å². The summed E-state index contributed by atoms with van der Waals surface area (Å²) >= 11 is 0. The standard InChI is InChI=1S/C7H11NO/c1-6-3-4-8-5-7(6)9-2/h4-6H,3H2,1-2H3. The minimum atomic E-state index is 0.507. The first-order chi connectivity index (χ1) is 4.34. The Balaban J connectivity index is 2.63. The fourth-order valence-corrected chi connectivity index (χ4v) is 0.842. The molecule has 0 bridgehead atoms. The van der Waals surface area contributed by atoms with Gasteiger partial charge in [0.05, 0.1) is 13.3 Å². The molecule has 0 saturated carbocycles. The number of hydrogen-bond acceptors (Lipinski definition) is 2. The van der Waals surface area contributed by atoms with Gasteiger partial charge in [0.15, 0.2) is 0 Å². The fourth-order valence-electron chi connectivity index (χ4n) is 0.842. The first-order valence-corrected chi connectivity index (χ1v) is 3.10. The van der Waals surface area contributed by atoms with Crippen molar-refractivity contribution in [2.24, 2.45) is 10.9 Å². The van der Waals surface area contributed by atoms with E-state index in [4.69, 9.17) is 4.74 Å². The summed E-state index contributed by atoms with van der Waals surface area (Å²) in [5, 5.41) is 0. The summed E-state index contributed by atoms with van der Waals surface area (Å²) in [7, 11) is 1.68. The van der Waals surface area contributed by atoms with E-state index < -0.39 is 0 Å². The number of aliphatic imine (C=N–C) groups is 1. The highest BCUT2D eigenvalue weighted by Gasteiger charge is 2.09. The van der Waals surface area contributed by atoms with E-state index in [-0.39, 0.29) is 0 Å². The van der Waals surface area contributed by atoms with E-state index in [0.717, 1.165) is 12.2 Å². The molecule has 0 amide bonds. The van der Waals surface area contributed by atoms with E-state index in [1.165, 1.54) is 0 Å². The molecular weight excluding hydrogens is 114 g/mol. The van der Waals surface area contributed by atoms with Crippen LogP contribution in [-0.4, -0.2) is 13.3 Å². The average Bonchev–Trinajstić information content (AvgIpc) is 1.89. The van der Waals surface area contributed by atoms with Gasteiger partial charge < -0.3 is 4.74 Å². The molecule has 0 fully saturated rings. The molecule has 1 atom stereocenters. The maximum atomic E-state index is 5.05. The van der Waals surface area contributed by atoms with Crippen LogP contribution in [0.15, 0.2) is 17.0 Å². The van der Waals surface area contributed by atoms with Gasteiger partial charge in [0.1, 0.15) is 5.76 Å². The largest absolute Gasteiger partial charge is 0.499 e. The highest BCUT2D eigenvalue weighted by Crippen LogP contribution is 2.16. The summed E-state index contributed by atoms with van der Waals surface area (Å²) in [6, 6.07) is 0. The van der Waals surface area contributed by atoms with E-state index in [9.17, 15) is 0 Å². The predicted octanol–water partition coefficient (Wildman–Crippen LogP) is 1.58. The Labute approximate surface area is 55.2 Å². The van der Waals surface area contributed by atoms with Crippen molar-refractivity contribution in [1.29, 1.82) is 0 Å². The predicted molar refractivity (Wildman–Crippen MR) is 37.4 cm³/mol. The number of methoxy groups -OCH3 is 1. The molecular formula is C7H11NO. The van der Waals surface area contributed by atoms with Gasteiger partial charge >= 0.3 is 0 Å². The minimum absolute atomic E-state index is 0.507. The fraction of sp³-hybridized carbons (Fsp3) is 0.571. The van der Waals surface area contributed by atoms with Crippen molar-refractivity contribution in [3.8, 4) is 0 Å². The molecule has 0 radical (unpaired) electrons. The minimum Gasteiger partial charge on any atom is -0.499 e. The summed E-state index contributed by atoms with van der Waals surface area (Å²) < 4.78 is 5.05. The van der Waals surface area contributed by atoms with Crippen molar-refractivity contribution in [3.63, 3.8) is 0 Å². The van der Waals surface area contributed by atoms with Crippen molar-refractivity contribution in [3.05, 3.63) is 12.0 Å². The second kappa shape index (κ2) is 2.67. The normalized spacial score (nSPS) is 25.6. The molecule has 0 N–H and O–H groups in total. The van der Waals surface area contributed by atoms with Crippen molar-refractivity contribution >= 4 is 6.21 Å². The third-order valence-corrected chi connectivity index (χ3v) is 1.49. The van der Waals surface area contributed by atoms with Gasteiger partial charge in [-0.3, -0.25) is 4.99 Å². The molecule has 1 unspecified atom stereocenters. The number of allylic oxidation sites excluding steroid dienone is 1. The van der Waals surface area contributed by atoms with Crippen LogP contribution in [0.3, 0.4) is 0 Å². The van der Waals surface area contributed by atoms with Crippen LogP contribution in [0.25, 0.3) is 0 Å². The molecule has 2 nitrogen and oxygen atoms in total. The lowest BCUT2D eigenvalue weighted by Crippen LogP contribution is -2.04. The zero-order chi connectivity index (χ0) is 6.69. The summed E-state index contributed by atoms with van der Waals surface area (Å²) in [6.07, 6.45) is 4.68. The molecule has 2 heteroatoms. The molecule has 0 aliphatic carbocycles. The molecule has 0 spiro atoms. The maximum Gasteiger partial charge on any atom is 0.117 e. The summed E-state index contributed by atoms with van der Waals surface area (Å²) in [6.45, 7) is 2.13. The van der Waals surface area contributed by atoms with Gasteiger partial charge in [-0.15, -0.1) is 0 Å². The van der Waals surface area contributed by atoms with Crippen LogP contribution in [0.2, 0.25) is 0 Å². The van der Waals surface area contributed by atoms with E-state index in [1.54, 1.807) is 13.3 Å². The van der Waals surface area contributed by atoms with Crippen LogP contribution < -0.4 is 0 Å². The summed E-state index contributed by atoms with van der Waals surface area (Å²) in [4.78, 5) is 3.97. The third kappa shape index (κ3) is 1.31. The highest BCUT2D eigenvalue weighted by atomic mass is 16.5. The van der Waals surface area contributed by atoms with Gasteiger partial charge in [-0.05, 0) is 6.42 Å². The van der Waals surface area contributed by atoms with E-state index in [2.05, 4.69) is 11.9 Å². The molecule has 50 valence electrons. The van der Waals surface area contributed by atoms with Gasteiger partial charge in [0.2, 0.25) is 0 Å². The average molecular weight is 125 g/mol. The molecule has 1 aliphatic rings. The quantitative estimate of drug-likeness (QED) is 0.521. The van der Waals surface area contributed by atoms with Crippen LogP contribution in [-0.2, 0) is 4.74 Å². The Morgan fingerprint density at radius 1 is 1.78 bits per heavy atom. The molecule has 0 aromatic heterocycles. The van der Waals surface area contributed by atoms with Crippen LogP contribution in [0.5, 0.6) is 0 Å². The zero-order valence-corrected chi connectivity index (χ0v) is 5.79. The van der Waals surface area contributed by atoms with Gasteiger partial charge in [-0.25, -0.2) is 0 Å². The monoisotopic (exact) mass is 125 g/mol. The lowest BCUT2D eigenvalue weighted by Gasteiger charge is -2.13. The lowest BCUT2D eigenvalue weighted by atomic mass is 10.1. The molecule has 1 aliphatic heterocycles. The Kier molecular flexibility index (Phi) is 1.88. The Morgan fingerprint density at radius 3 is 3.00 bits per heavy atom. The molecule has 9 heavy (non-hydrogen) atoms. The molecule has 0 aromatic rings. The van der Waals surface area contributed by atoms with Gasteiger partial charge in [-0.1, -0.05) is 6.92 Å². The third-order valence-electron chi connectivity index (χ3n) is 1.49. The maximum absolute atomic E-state index is 5.05. The molecule has 1 heterocycles. The Bertz CT molecular complexity index is 149. The number of rotatable bonds is 1. The number of hydrogen-bond donors (Lipinski definition) is 0. The topological polar surface area (TPSA) is 21.6 Å². The second-order valence-corrected chi connectivity index (χ2v) is 2.20. The SMILES string of the molecule is COC1=CN=CCC1C. The van der Waals surface area contributed by atoms with Gasteiger partial charge in [-0.2, -0.15) is 0 Å². The second-order valence-electron chi connectivity index (χ2n) is 2.20. The highest BCUT2D eigenvalue weighted by molar-refractivity contribution is 5.60. The van der Waals surface area contributed by atoms with E-state index in [0.29, 0.717) is 5.92 Å². The van der Waals surface area contributed by atoms with E-state index in [1.807, 2.05) is 6.21 Å². The first-order valence-electron chi connectivity index (χ1n) is 3.10. The molecule has 1 rings (SSSR count). The number of nitrogens with zero attached hydrogens (tertiary/aromatic N) is 1. The lowest BCUT2D eigenvalue weighted by molar-refractivity contribution is 0.247. The molecule has 0 aromatic carbocycles. The van der Waals surface area contributed by atoms with Crippen molar-refractivity contribution in [2.75, 3.05) is 7.11 Å². The summed E-state index contributed by atoms with van der Waals surface area (Å²) in [5.41, 5.74) is 0. The van der Waals surface area contributed by atoms with Gasteiger partial charge in [0, 0.05) is 12.1 Å². The molecule has 0 saturated heterocycles. The smallest absolute Gasteiger partial charge is 0.117 e.